The Morgan fingerprint density at radius 3 is 2.81 bits per heavy atom. The molecule has 0 aromatic carbocycles. The molecule has 2 atom stereocenters. The van der Waals surface area contributed by atoms with Crippen LogP contribution < -0.4 is 5.32 Å². The minimum atomic E-state index is 0.301. The molecule has 2 rings (SSSR count). The zero-order valence-electron chi connectivity index (χ0n) is 10.6. The van der Waals surface area contributed by atoms with Gasteiger partial charge in [0, 0.05) is 18.3 Å². The molecule has 2 aliphatic rings. The van der Waals surface area contributed by atoms with Crippen molar-refractivity contribution in [3.05, 3.63) is 0 Å². The first-order valence-corrected chi connectivity index (χ1v) is 8.04. The smallest absolute Gasteiger partial charge is 0.0708 e. The van der Waals surface area contributed by atoms with Gasteiger partial charge in [-0.25, -0.2) is 0 Å². The van der Waals surface area contributed by atoms with Crippen molar-refractivity contribution in [1.82, 2.24) is 5.32 Å². The molecule has 1 saturated carbocycles. The summed E-state index contributed by atoms with van der Waals surface area (Å²) in [6.45, 7) is 3.31. The van der Waals surface area contributed by atoms with Gasteiger partial charge in [0.25, 0.3) is 0 Å². The van der Waals surface area contributed by atoms with Gasteiger partial charge in [0.1, 0.15) is 0 Å². The number of hydrogen-bond acceptors (Lipinski definition) is 3. The fourth-order valence-electron chi connectivity index (χ4n) is 3.07. The maximum atomic E-state index is 6.27. The third-order valence-corrected chi connectivity index (χ3v) is 4.80. The summed E-state index contributed by atoms with van der Waals surface area (Å²) in [6.07, 6.45) is 10.6. The fraction of sp³-hybridized carbons (Fsp3) is 1.00. The molecule has 2 fully saturated rings. The highest BCUT2D eigenvalue weighted by molar-refractivity contribution is 7.98. The van der Waals surface area contributed by atoms with E-state index in [4.69, 9.17) is 4.74 Å². The Labute approximate surface area is 104 Å². The highest BCUT2D eigenvalue weighted by Crippen LogP contribution is 2.43. The normalized spacial score (nSPS) is 30.0. The molecular weight excluding hydrogens is 218 g/mol. The van der Waals surface area contributed by atoms with Gasteiger partial charge in [-0.3, -0.25) is 0 Å². The van der Waals surface area contributed by atoms with Crippen molar-refractivity contribution >= 4 is 11.8 Å². The van der Waals surface area contributed by atoms with Crippen molar-refractivity contribution in [2.24, 2.45) is 0 Å². The van der Waals surface area contributed by atoms with E-state index in [1.165, 1.54) is 44.3 Å². The molecule has 2 nitrogen and oxygen atoms in total. The van der Waals surface area contributed by atoms with E-state index in [1.54, 1.807) is 0 Å². The average molecular weight is 243 g/mol. The third-order valence-electron chi connectivity index (χ3n) is 3.96. The van der Waals surface area contributed by atoms with Gasteiger partial charge in [0.2, 0.25) is 0 Å². The van der Waals surface area contributed by atoms with Gasteiger partial charge >= 0.3 is 0 Å². The van der Waals surface area contributed by atoms with E-state index >= 15 is 0 Å². The van der Waals surface area contributed by atoms with Crippen LogP contribution in [0.5, 0.6) is 0 Å². The Balaban J connectivity index is 1.68. The second-order valence-electron chi connectivity index (χ2n) is 5.43. The minimum Gasteiger partial charge on any atom is -0.370 e. The number of ether oxygens (including phenoxy) is 1. The Morgan fingerprint density at radius 1 is 1.38 bits per heavy atom. The number of rotatable bonds is 5. The van der Waals surface area contributed by atoms with Gasteiger partial charge in [-0.15, -0.1) is 0 Å². The molecular formula is C13H25NOS. The lowest BCUT2D eigenvalue weighted by Crippen LogP contribution is -2.36. The summed E-state index contributed by atoms with van der Waals surface area (Å²) < 4.78 is 6.27. The first kappa shape index (κ1) is 12.7. The van der Waals surface area contributed by atoms with Crippen LogP contribution in [0.15, 0.2) is 0 Å². The van der Waals surface area contributed by atoms with Crippen LogP contribution >= 0.6 is 11.8 Å². The Bertz CT molecular complexity index is 216. The lowest BCUT2D eigenvalue weighted by Gasteiger charge is -2.24. The molecule has 2 unspecified atom stereocenters. The molecule has 1 saturated heterocycles. The monoisotopic (exact) mass is 243 g/mol. The Hall–Kier alpha value is 0.270. The zero-order chi connectivity index (χ0) is 11.4. The summed E-state index contributed by atoms with van der Waals surface area (Å²) in [6, 6.07) is 0.610. The SMILES string of the molecule is CSCC(C)NCC1CCC2(CCCC2)O1. The molecule has 0 aromatic rings. The van der Waals surface area contributed by atoms with Crippen molar-refractivity contribution in [1.29, 1.82) is 0 Å². The number of thioether (sulfide) groups is 1. The van der Waals surface area contributed by atoms with E-state index in [2.05, 4.69) is 18.5 Å². The first-order valence-electron chi connectivity index (χ1n) is 6.64. The average Bonchev–Trinajstić information content (AvgIpc) is 2.88. The van der Waals surface area contributed by atoms with Crippen molar-refractivity contribution in [3.8, 4) is 0 Å². The molecule has 1 heterocycles. The maximum absolute atomic E-state index is 6.27. The molecule has 16 heavy (non-hydrogen) atoms. The van der Waals surface area contributed by atoms with Crippen molar-refractivity contribution in [3.63, 3.8) is 0 Å². The van der Waals surface area contributed by atoms with Crippen LogP contribution in [0.3, 0.4) is 0 Å². The first-order chi connectivity index (χ1) is 7.74. The van der Waals surface area contributed by atoms with Crippen LogP contribution in [-0.2, 0) is 4.74 Å². The predicted molar refractivity (Wildman–Crippen MR) is 71.2 cm³/mol. The summed E-state index contributed by atoms with van der Waals surface area (Å²) >= 11 is 1.91. The Morgan fingerprint density at radius 2 is 2.12 bits per heavy atom. The predicted octanol–water partition coefficient (Wildman–Crippen LogP) is 2.82. The fourth-order valence-corrected chi connectivity index (χ4v) is 3.69. The molecule has 94 valence electrons. The molecule has 0 radical (unpaired) electrons. The van der Waals surface area contributed by atoms with Crippen LogP contribution in [-0.4, -0.2) is 36.3 Å². The van der Waals surface area contributed by atoms with Crippen molar-refractivity contribution in [2.45, 2.75) is 63.2 Å². The van der Waals surface area contributed by atoms with E-state index in [0.717, 1.165) is 6.54 Å². The minimum absolute atomic E-state index is 0.301. The van der Waals surface area contributed by atoms with Crippen LogP contribution in [0.2, 0.25) is 0 Å². The molecule has 0 amide bonds. The van der Waals surface area contributed by atoms with E-state index < -0.39 is 0 Å². The molecule has 0 aromatic heterocycles. The molecule has 3 heteroatoms. The second-order valence-corrected chi connectivity index (χ2v) is 6.34. The zero-order valence-corrected chi connectivity index (χ0v) is 11.4. The van der Waals surface area contributed by atoms with Gasteiger partial charge in [-0.1, -0.05) is 12.8 Å². The van der Waals surface area contributed by atoms with Gasteiger partial charge in [-0.05, 0) is 38.9 Å². The van der Waals surface area contributed by atoms with Crippen molar-refractivity contribution in [2.75, 3.05) is 18.6 Å². The number of nitrogens with one attached hydrogen (secondary N) is 1. The van der Waals surface area contributed by atoms with E-state index in [1.807, 2.05) is 11.8 Å². The molecule has 1 spiro atoms. The molecule has 1 aliphatic heterocycles. The van der Waals surface area contributed by atoms with Crippen LogP contribution in [0.4, 0.5) is 0 Å². The third kappa shape index (κ3) is 3.14. The maximum Gasteiger partial charge on any atom is 0.0708 e. The lowest BCUT2D eigenvalue weighted by atomic mass is 9.98. The van der Waals surface area contributed by atoms with E-state index in [0.29, 0.717) is 17.7 Å². The van der Waals surface area contributed by atoms with E-state index in [9.17, 15) is 0 Å². The summed E-state index contributed by atoms with van der Waals surface area (Å²) in [4.78, 5) is 0. The van der Waals surface area contributed by atoms with Gasteiger partial charge in [0.05, 0.1) is 11.7 Å². The standard InChI is InChI=1S/C13H25NOS/c1-11(10-16-2)14-9-12-5-8-13(15-12)6-3-4-7-13/h11-12,14H,3-10H2,1-2H3. The topological polar surface area (TPSA) is 21.3 Å². The summed E-state index contributed by atoms with van der Waals surface area (Å²) in [5.41, 5.74) is 0.301. The highest BCUT2D eigenvalue weighted by atomic mass is 32.2. The molecule has 0 bridgehead atoms. The highest BCUT2D eigenvalue weighted by Gasteiger charge is 2.41. The van der Waals surface area contributed by atoms with Crippen LogP contribution in [0, 0.1) is 0 Å². The Kier molecular flexibility index (Phi) is 4.57. The van der Waals surface area contributed by atoms with Gasteiger partial charge in [-0.2, -0.15) is 11.8 Å². The summed E-state index contributed by atoms with van der Waals surface area (Å²) in [7, 11) is 0. The van der Waals surface area contributed by atoms with Crippen LogP contribution in [0.1, 0.15) is 45.4 Å². The van der Waals surface area contributed by atoms with Gasteiger partial charge < -0.3 is 10.1 Å². The van der Waals surface area contributed by atoms with Crippen molar-refractivity contribution < 1.29 is 4.74 Å². The lowest BCUT2D eigenvalue weighted by molar-refractivity contribution is -0.0355. The summed E-state index contributed by atoms with van der Waals surface area (Å²) in [5, 5.41) is 3.59. The summed E-state index contributed by atoms with van der Waals surface area (Å²) in [5.74, 6) is 1.19. The quantitative estimate of drug-likeness (QED) is 0.802. The van der Waals surface area contributed by atoms with E-state index in [-0.39, 0.29) is 0 Å². The molecule has 1 N–H and O–H groups in total. The van der Waals surface area contributed by atoms with Crippen LogP contribution in [0.25, 0.3) is 0 Å². The largest absolute Gasteiger partial charge is 0.370 e. The molecule has 1 aliphatic carbocycles. The number of hydrogen-bond donors (Lipinski definition) is 1. The van der Waals surface area contributed by atoms with Gasteiger partial charge in [0.15, 0.2) is 0 Å². The second kappa shape index (κ2) is 5.74.